The van der Waals surface area contributed by atoms with Gasteiger partial charge in [0.05, 0.1) is 12.2 Å². The van der Waals surface area contributed by atoms with E-state index < -0.39 is 17.4 Å². The minimum atomic E-state index is -1.93. The highest BCUT2D eigenvalue weighted by Gasteiger charge is 2.29. The topological polar surface area (TPSA) is 69.6 Å². The zero-order valence-electron chi connectivity index (χ0n) is 8.50. The van der Waals surface area contributed by atoms with Crippen LogP contribution in [0, 0.1) is 5.82 Å². The number of rotatable bonds is 4. The smallest absolute Gasteiger partial charge is 0.337 e. The molecular weight excluding hydrogens is 281 g/mol. The first-order valence-corrected chi connectivity index (χ1v) is 5.27. The fourth-order valence-electron chi connectivity index (χ4n) is 0.976. The number of benzene rings is 1. The van der Waals surface area contributed by atoms with Gasteiger partial charge < -0.3 is 15.5 Å². The van der Waals surface area contributed by atoms with Crippen LogP contribution in [0.2, 0.25) is 0 Å². The van der Waals surface area contributed by atoms with Gasteiger partial charge in [-0.25, -0.2) is 9.18 Å². The molecule has 3 N–H and O–H groups in total. The van der Waals surface area contributed by atoms with Crippen LogP contribution in [0.4, 0.5) is 10.1 Å². The summed E-state index contributed by atoms with van der Waals surface area (Å²) in [7, 11) is 0. The Hall–Kier alpha value is -1.14. The molecule has 0 aromatic heterocycles. The molecule has 0 aliphatic carbocycles. The van der Waals surface area contributed by atoms with Crippen LogP contribution in [0.1, 0.15) is 6.92 Å². The van der Waals surface area contributed by atoms with Crippen LogP contribution in [0.3, 0.4) is 0 Å². The molecule has 0 radical (unpaired) electrons. The van der Waals surface area contributed by atoms with Crippen molar-refractivity contribution in [2.24, 2.45) is 0 Å². The highest BCUT2D eigenvalue weighted by Crippen LogP contribution is 2.20. The minimum absolute atomic E-state index is 0.143. The molecule has 6 heteroatoms. The number of aliphatic hydroxyl groups is 1. The van der Waals surface area contributed by atoms with Gasteiger partial charge >= 0.3 is 5.97 Å². The Morgan fingerprint density at radius 2 is 2.25 bits per heavy atom. The number of halogens is 2. The van der Waals surface area contributed by atoms with E-state index in [2.05, 4.69) is 21.2 Å². The van der Waals surface area contributed by atoms with E-state index >= 15 is 0 Å². The van der Waals surface area contributed by atoms with Crippen LogP contribution >= 0.6 is 15.9 Å². The molecule has 0 aliphatic heterocycles. The number of carboxylic acids is 1. The summed E-state index contributed by atoms with van der Waals surface area (Å²) in [6.45, 7) is 0.861. The Morgan fingerprint density at radius 1 is 1.62 bits per heavy atom. The number of carbonyl (C=O) groups is 1. The van der Waals surface area contributed by atoms with Crippen LogP contribution in [0.25, 0.3) is 0 Å². The summed E-state index contributed by atoms with van der Waals surface area (Å²) < 4.78 is 13.9. The molecule has 4 nitrogen and oxygen atoms in total. The van der Waals surface area contributed by atoms with Crippen molar-refractivity contribution in [1.82, 2.24) is 0 Å². The summed E-state index contributed by atoms with van der Waals surface area (Å²) in [6.07, 6.45) is 0. The van der Waals surface area contributed by atoms with E-state index in [-0.39, 0.29) is 12.2 Å². The van der Waals surface area contributed by atoms with Crippen molar-refractivity contribution in [2.45, 2.75) is 12.5 Å². The molecule has 0 bridgehead atoms. The molecule has 16 heavy (non-hydrogen) atoms. The van der Waals surface area contributed by atoms with Crippen LogP contribution in [0.15, 0.2) is 22.7 Å². The summed E-state index contributed by atoms with van der Waals surface area (Å²) in [6, 6.07) is 4.32. The maximum absolute atomic E-state index is 13.3. The second kappa shape index (κ2) is 4.80. The molecule has 0 spiro atoms. The van der Waals surface area contributed by atoms with Gasteiger partial charge in [-0.15, -0.1) is 0 Å². The van der Waals surface area contributed by atoms with E-state index in [0.717, 1.165) is 6.92 Å². The Kier molecular flexibility index (Phi) is 3.88. The fraction of sp³-hybridized carbons (Fsp3) is 0.300. The van der Waals surface area contributed by atoms with Crippen molar-refractivity contribution in [3.8, 4) is 0 Å². The third kappa shape index (κ3) is 3.18. The van der Waals surface area contributed by atoms with E-state index in [0.29, 0.717) is 4.47 Å². The Bertz CT molecular complexity index is 409. The van der Waals surface area contributed by atoms with Gasteiger partial charge in [0.25, 0.3) is 0 Å². The molecule has 1 rings (SSSR count). The average Bonchev–Trinajstić information content (AvgIpc) is 2.16. The van der Waals surface area contributed by atoms with Crippen LogP contribution in [-0.2, 0) is 4.79 Å². The van der Waals surface area contributed by atoms with Crippen molar-refractivity contribution in [3.63, 3.8) is 0 Å². The van der Waals surface area contributed by atoms with Gasteiger partial charge in [-0.2, -0.15) is 0 Å². The van der Waals surface area contributed by atoms with Crippen molar-refractivity contribution in [2.75, 3.05) is 11.9 Å². The largest absolute Gasteiger partial charge is 0.479 e. The number of carboxylic acid groups (broad SMARTS) is 1. The van der Waals surface area contributed by atoms with Gasteiger partial charge in [0.2, 0.25) is 0 Å². The predicted molar refractivity (Wildman–Crippen MR) is 60.8 cm³/mol. The second-order valence-electron chi connectivity index (χ2n) is 3.56. The van der Waals surface area contributed by atoms with Gasteiger partial charge in [-0.05, 0) is 25.1 Å². The van der Waals surface area contributed by atoms with E-state index in [4.69, 9.17) is 5.11 Å². The first-order valence-electron chi connectivity index (χ1n) is 4.47. The van der Waals surface area contributed by atoms with Gasteiger partial charge in [-0.1, -0.05) is 15.9 Å². The molecule has 1 aromatic rings. The molecule has 0 saturated heterocycles. The number of hydrogen-bond acceptors (Lipinski definition) is 3. The maximum Gasteiger partial charge on any atom is 0.337 e. The SMILES string of the molecule is CC(O)(CNc1ccc(Br)cc1F)C(=O)O. The molecule has 1 aromatic carbocycles. The summed E-state index contributed by atoms with van der Waals surface area (Å²) in [5.74, 6) is -1.88. The zero-order chi connectivity index (χ0) is 12.3. The second-order valence-corrected chi connectivity index (χ2v) is 4.47. The van der Waals surface area contributed by atoms with Crippen LogP contribution in [-0.4, -0.2) is 28.3 Å². The number of anilines is 1. The first kappa shape index (κ1) is 12.9. The quantitative estimate of drug-likeness (QED) is 0.792. The normalized spacial score (nSPS) is 14.2. The summed E-state index contributed by atoms with van der Waals surface area (Å²) in [5, 5.41) is 20.6. The lowest BCUT2D eigenvalue weighted by molar-refractivity contribution is -0.155. The molecule has 0 amide bonds. The molecular formula is C10H11BrFNO3. The number of aliphatic carboxylic acids is 1. The van der Waals surface area contributed by atoms with Crippen molar-refractivity contribution >= 4 is 27.6 Å². The molecule has 1 unspecified atom stereocenters. The standard InChI is InChI=1S/C10H11BrFNO3/c1-10(16,9(14)15)5-13-8-3-2-6(11)4-7(8)12/h2-4,13,16H,5H2,1H3,(H,14,15). The predicted octanol–water partition coefficient (Wildman–Crippen LogP) is 1.84. The fourth-order valence-corrected chi connectivity index (χ4v) is 1.31. The Labute approximate surface area is 100 Å². The molecule has 1 atom stereocenters. The Morgan fingerprint density at radius 3 is 2.75 bits per heavy atom. The van der Waals surface area contributed by atoms with E-state index in [1.54, 1.807) is 6.07 Å². The maximum atomic E-state index is 13.3. The van der Waals surface area contributed by atoms with Crippen LogP contribution in [0.5, 0.6) is 0 Å². The van der Waals surface area contributed by atoms with Gasteiger partial charge in [0, 0.05) is 4.47 Å². The average molecular weight is 292 g/mol. The van der Waals surface area contributed by atoms with Crippen molar-refractivity contribution in [3.05, 3.63) is 28.5 Å². The van der Waals surface area contributed by atoms with Gasteiger partial charge in [-0.3, -0.25) is 0 Å². The van der Waals surface area contributed by atoms with E-state index in [1.807, 2.05) is 0 Å². The van der Waals surface area contributed by atoms with Gasteiger partial charge in [0.15, 0.2) is 5.60 Å². The van der Waals surface area contributed by atoms with Gasteiger partial charge in [0.1, 0.15) is 5.82 Å². The lowest BCUT2D eigenvalue weighted by Crippen LogP contribution is -2.41. The highest BCUT2D eigenvalue weighted by molar-refractivity contribution is 9.10. The minimum Gasteiger partial charge on any atom is -0.479 e. The molecule has 88 valence electrons. The van der Waals surface area contributed by atoms with E-state index in [9.17, 15) is 14.3 Å². The Balaban J connectivity index is 2.72. The monoisotopic (exact) mass is 291 g/mol. The van der Waals surface area contributed by atoms with Crippen molar-refractivity contribution < 1.29 is 19.4 Å². The number of hydrogen-bond donors (Lipinski definition) is 3. The lowest BCUT2D eigenvalue weighted by Gasteiger charge is -2.19. The molecule has 0 saturated carbocycles. The molecule has 0 heterocycles. The molecule has 0 fully saturated rings. The zero-order valence-corrected chi connectivity index (χ0v) is 10.1. The third-order valence-electron chi connectivity index (χ3n) is 2.01. The van der Waals surface area contributed by atoms with Crippen LogP contribution < -0.4 is 5.32 Å². The third-order valence-corrected chi connectivity index (χ3v) is 2.51. The summed E-state index contributed by atoms with van der Waals surface area (Å²) >= 11 is 3.10. The van der Waals surface area contributed by atoms with E-state index in [1.165, 1.54) is 12.1 Å². The lowest BCUT2D eigenvalue weighted by atomic mass is 10.1. The molecule has 0 aliphatic rings. The summed E-state index contributed by atoms with van der Waals surface area (Å²) in [5.41, 5.74) is -1.79. The number of nitrogens with one attached hydrogen (secondary N) is 1. The highest BCUT2D eigenvalue weighted by atomic mass is 79.9. The first-order chi connectivity index (χ1) is 7.33. The summed E-state index contributed by atoms with van der Waals surface area (Å²) in [4.78, 5) is 10.6. The van der Waals surface area contributed by atoms with Crippen molar-refractivity contribution in [1.29, 1.82) is 0 Å².